The molecule has 1 amide bonds. The molecule has 7 nitrogen and oxygen atoms in total. The van der Waals surface area contributed by atoms with Crippen molar-refractivity contribution in [3.8, 4) is 11.4 Å². The number of hydrogen-bond donors (Lipinski definition) is 1. The van der Waals surface area contributed by atoms with E-state index in [0.29, 0.717) is 45.6 Å². The number of halogens is 3. The van der Waals surface area contributed by atoms with Crippen LogP contribution in [-0.4, -0.2) is 32.4 Å². The van der Waals surface area contributed by atoms with Crippen LogP contribution >= 0.6 is 11.6 Å². The van der Waals surface area contributed by atoms with Gasteiger partial charge in [0.15, 0.2) is 5.82 Å². The number of amides is 1. The van der Waals surface area contributed by atoms with Crippen molar-refractivity contribution < 1.29 is 23.0 Å². The number of nitrogens with zero attached hydrogens (tertiary/aromatic N) is 3. The Kier molecular flexibility index (Phi) is 7.31. The molecular formula is C29H29ClF2N4O3. The first-order valence-corrected chi connectivity index (χ1v) is 13.1. The first-order chi connectivity index (χ1) is 18.5. The lowest BCUT2D eigenvalue weighted by atomic mass is 10.0. The van der Waals surface area contributed by atoms with E-state index in [9.17, 15) is 13.6 Å². The minimum absolute atomic E-state index is 0.00207. The van der Waals surface area contributed by atoms with Crippen molar-refractivity contribution in [2.45, 2.75) is 64.9 Å². The monoisotopic (exact) mass is 554 g/mol. The largest absolute Gasteiger partial charge is 0.487 e. The van der Waals surface area contributed by atoms with E-state index in [1.807, 2.05) is 32.9 Å². The number of carbonyl (C=O) groups excluding carboxylic acids is 1. The van der Waals surface area contributed by atoms with Crippen molar-refractivity contribution in [3.05, 3.63) is 82.3 Å². The molecule has 5 rings (SSSR count). The number of fused-ring (bicyclic) bond motifs is 1. The van der Waals surface area contributed by atoms with E-state index in [2.05, 4.69) is 15.4 Å². The number of hydrogen-bond acceptors (Lipinski definition) is 5. The first-order valence-electron chi connectivity index (χ1n) is 12.7. The Bertz CT molecular complexity index is 1560. The smallest absolute Gasteiger partial charge is 0.249 e. The zero-order valence-corrected chi connectivity index (χ0v) is 22.9. The fraction of sp³-hybridized carbons (Fsp3) is 0.345. The summed E-state index contributed by atoms with van der Waals surface area (Å²) in [6.45, 7) is 7.50. The maximum absolute atomic E-state index is 14.4. The molecule has 10 heteroatoms. The van der Waals surface area contributed by atoms with Crippen LogP contribution in [0.15, 0.2) is 48.8 Å². The number of carbonyl (C=O) groups is 1. The summed E-state index contributed by atoms with van der Waals surface area (Å²) in [5.74, 6) is -0.754. The Morgan fingerprint density at radius 2 is 2.08 bits per heavy atom. The quantitative estimate of drug-likeness (QED) is 0.287. The lowest BCUT2D eigenvalue weighted by molar-refractivity contribution is -0.136. The van der Waals surface area contributed by atoms with Crippen LogP contribution in [0.1, 0.15) is 56.5 Å². The summed E-state index contributed by atoms with van der Waals surface area (Å²) >= 11 is 6.48. The second kappa shape index (κ2) is 10.5. The zero-order valence-electron chi connectivity index (χ0n) is 22.1. The molecule has 0 saturated carbocycles. The van der Waals surface area contributed by atoms with Crippen molar-refractivity contribution in [3.63, 3.8) is 0 Å². The van der Waals surface area contributed by atoms with Crippen LogP contribution in [0.25, 0.3) is 16.6 Å². The number of pyridine rings is 1. The summed E-state index contributed by atoms with van der Waals surface area (Å²) in [7, 11) is 0. The molecule has 0 spiro atoms. The third-order valence-corrected chi connectivity index (χ3v) is 7.20. The van der Waals surface area contributed by atoms with Crippen molar-refractivity contribution in [1.82, 2.24) is 20.1 Å². The molecule has 0 aliphatic carbocycles. The van der Waals surface area contributed by atoms with Crippen LogP contribution in [0.5, 0.6) is 5.75 Å². The van der Waals surface area contributed by atoms with Gasteiger partial charge in [-0.05, 0) is 70.4 Å². The number of aryl methyl sites for hydroxylation is 1. The van der Waals surface area contributed by atoms with E-state index in [1.165, 1.54) is 23.0 Å². The summed E-state index contributed by atoms with van der Waals surface area (Å²) in [4.78, 5) is 17.5. The Labute approximate surface area is 230 Å². The zero-order chi connectivity index (χ0) is 27.9. The highest BCUT2D eigenvalue weighted by Gasteiger charge is 2.36. The van der Waals surface area contributed by atoms with Gasteiger partial charge in [0.05, 0.1) is 34.7 Å². The molecular weight excluding hydrogens is 526 g/mol. The molecule has 1 aliphatic rings. The van der Waals surface area contributed by atoms with E-state index in [-0.39, 0.29) is 23.1 Å². The summed E-state index contributed by atoms with van der Waals surface area (Å²) in [5, 5.41) is 7.92. The number of aromatic nitrogens is 3. The number of rotatable bonds is 7. The lowest BCUT2D eigenvalue weighted by Gasteiger charge is -2.23. The van der Waals surface area contributed by atoms with Crippen molar-refractivity contribution in [2.75, 3.05) is 0 Å². The fourth-order valence-electron chi connectivity index (χ4n) is 4.93. The van der Waals surface area contributed by atoms with Gasteiger partial charge in [-0.2, -0.15) is 5.10 Å². The molecule has 1 unspecified atom stereocenters. The molecule has 1 aliphatic heterocycles. The van der Waals surface area contributed by atoms with Crippen LogP contribution in [0.2, 0.25) is 5.02 Å². The topological polar surface area (TPSA) is 78.3 Å². The first kappa shape index (κ1) is 27.0. The average Bonchev–Trinajstić information content (AvgIpc) is 3.47. The van der Waals surface area contributed by atoms with E-state index in [0.717, 1.165) is 12.6 Å². The second-order valence-corrected chi connectivity index (χ2v) is 10.8. The number of nitrogens with one attached hydrogen (secondary N) is 1. The normalized spacial score (nSPS) is 17.4. The van der Waals surface area contributed by atoms with Gasteiger partial charge in [-0.25, -0.2) is 18.4 Å². The van der Waals surface area contributed by atoms with Gasteiger partial charge in [-0.15, -0.1) is 0 Å². The molecule has 1 N–H and O–H groups in total. The van der Waals surface area contributed by atoms with Crippen molar-refractivity contribution >= 4 is 28.4 Å². The maximum Gasteiger partial charge on any atom is 0.249 e. The molecule has 39 heavy (non-hydrogen) atoms. The molecule has 0 bridgehead atoms. The van der Waals surface area contributed by atoms with Crippen LogP contribution in [0.4, 0.5) is 8.78 Å². The van der Waals surface area contributed by atoms with Gasteiger partial charge in [0, 0.05) is 16.6 Å². The molecule has 2 atom stereocenters. The summed E-state index contributed by atoms with van der Waals surface area (Å²) < 4.78 is 41.6. The van der Waals surface area contributed by atoms with E-state index >= 15 is 0 Å². The van der Waals surface area contributed by atoms with Crippen LogP contribution < -0.4 is 10.1 Å². The number of para-hydroxylation sites is 1. The molecule has 4 aromatic rings. The molecule has 2 aromatic heterocycles. The maximum atomic E-state index is 14.4. The molecule has 0 radical (unpaired) electrons. The molecule has 204 valence electrons. The van der Waals surface area contributed by atoms with Gasteiger partial charge in [0.1, 0.15) is 29.8 Å². The summed E-state index contributed by atoms with van der Waals surface area (Å²) in [6.07, 6.45) is 3.26. The third-order valence-electron chi connectivity index (χ3n) is 6.86. The van der Waals surface area contributed by atoms with E-state index in [1.54, 1.807) is 19.1 Å². The minimum Gasteiger partial charge on any atom is -0.487 e. The average molecular weight is 555 g/mol. The summed E-state index contributed by atoms with van der Waals surface area (Å²) in [5.41, 5.74) is 2.59. The Morgan fingerprint density at radius 1 is 1.28 bits per heavy atom. The van der Waals surface area contributed by atoms with Crippen molar-refractivity contribution in [1.29, 1.82) is 0 Å². The number of ether oxygens (including phenoxy) is 2. The highest BCUT2D eigenvalue weighted by Crippen LogP contribution is 2.33. The van der Waals surface area contributed by atoms with Gasteiger partial charge in [0.25, 0.3) is 0 Å². The highest BCUT2D eigenvalue weighted by atomic mass is 35.5. The second-order valence-electron chi connectivity index (χ2n) is 10.4. The van der Waals surface area contributed by atoms with Crippen LogP contribution in [0, 0.1) is 18.6 Å². The predicted molar refractivity (Wildman–Crippen MR) is 144 cm³/mol. The Hall–Kier alpha value is -3.56. The molecule has 3 heterocycles. The molecule has 2 aromatic carbocycles. The Balaban J connectivity index is 1.42. The SMILES string of the molecule is Cc1cc(-n2cc(F)cn2)c2cccc(OCc3c(Cl)cc(F)cc3[C@H](C)NC(=O)C3CCC(C)(C)O3)c2n1. The van der Waals surface area contributed by atoms with E-state index in [4.69, 9.17) is 21.1 Å². The number of benzene rings is 2. The minimum atomic E-state index is -0.561. The molecule has 1 fully saturated rings. The van der Waals surface area contributed by atoms with E-state index < -0.39 is 23.8 Å². The van der Waals surface area contributed by atoms with Crippen LogP contribution in [-0.2, 0) is 16.1 Å². The van der Waals surface area contributed by atoms with Gasteiger partial charge in [-0.3, -0.25) is 4.79 Å². The summed E-state index contributed by atoms with van der Waals surface area (Å²) in [6, 6.07) is 9.25. The predicted octanol–water partition coefficient (Wildman–Crippen LogP) is 6.37. The standard InChI is InChI=1S/C29H29ClF2N4O3/c1-16-10-24(36-14-19(32)13-33-36)20-6-5-7-25(27(20)34-16)38-15-22-21(11-18(31)12-23(22)30)17(2)35-28(37)26-8-9-29(3,4)39-26/h5-7,10-14,17,26H,8-9,15H2,1-4H3,(H,35,37)/t17-,26?/m0/s1. The van der Waals surface area contributed by atoms with Gasteiger partial charge in [-0.1, -0.05) is 23.7 Å². The van der Waals surface area contributed by atoms with Crippen LogP contribution in [0.3, 0.4) is 0 Å². The highest BCUT2D eigenvalue weighted by molar-refractivity contribution is 6.31. The third kappa shape index (κ3) is 5.74. The van der Waals surface area contributed by atoms with Gasteiger partial charge >= 0.3 is 0 Å². The lowest BCUT2D eigenvalue weighted by Crippen LogP contribution is -2.37. The Morgan fingerprint density at radius 3 is 2.77 bits per heavy atom. The molecule has 1 saturated heterocycles. The van der Waals surface area contributed by atoms with Gasteiger partial charge in [0.2, 0.25) is 5.91 Å². The fourth-order valence-corrected chi connectivity index (χ4v) is 5.20. The van der Waals surface area contributed by atoms with Gasteiger partial charge < -0.3 is 14.8 Å². The van der Waals surface area contributed by atoms with Crippen molar-refractivity contribution in [2.24, 2.45) is 0 Å².